The standard InChI is InChI=1S/C8H5BClIO2S/c10-8-7(11)5-2-1-4(9(12)13)3-6(5)14-8/h1-3,12-13H. The van der Waals surface area contributed by atoms with E-state index in [0.29, 0.717) is 5.46 Å². The predicted octanol–water partition coefficient (Wildman–Crippen LogP) is 1.84. The first kappa shape index (κ1) is 10.7. The minimum atomic E-state index is -1.42. The van der Waals surface area contributed by atoms with Crippen LogP contribution >= 0.6 is 45.5 Å². The van der Waals surface area contributed by atoms with Crippen molar-refractivity contribution in [3.8, 4) is 0 Å². The summed E-state index contributed by atoms with van der Waals surface area (Å²) in [7, 11) is -1.42. The molecular weight excluding hydrogens is 333 g/mol. The van der Waals surface area contributed by atoms with Gasteiger partial charge in [-0.25, -0.2) is 0 Å². The van der Waals surface area contributed by atoms with Gasteiger partial charge in [0.05, 0.1) is 3.57 Å². The monoisotopic (exact) mass is 338 g/mol. The fraction of sp³-hybridized carbons (Fsp3) is 0. The normalized spacial score (nSPS) is 10.9. The van der Waals surface area contributed by atoms with Crippen LogP contribution in [0, 0.1) is 3.57 Å². The maximum Gasteiger partial charge on any atom is 0.488 e. The van der Waals surface area contributed by atoms with E-state index in [1.807, 2.05) is 6.07 Å². The molecule has 2 aromatic rings. The molecule has 72 valence electrons. The van der Waals surface area contributed by atoms with Gasteiger partial charge in [-0.1, -0.05) is 23.7 Å². The molecule has 2 nitrogen and oxygen atoms in total. The summed E-state index contributed by atoms with van der Waals surface area (Å²) in [5.41, 5.74) is 0.492. The molecule has 0 fully saturated rings. The van der Waals surface area contributed by atoms with Crippen LogP contribution in [0.1, 0.15) is 0 Å². The number of fused-ring (bicyclic) bond motifs is 1. The van der Waals surface area contributed by atoms with Gasteiger partial charge in [-0.3, -0.25) is 0 Å². The van der Waals surface area contributed by atoms with Gasteiger partial charge in [0.25, 0.3) is 0 Å². The van der Waals surface area contributed by atoms with Gasteiger partial charge >= 0.3 is 7.12 Å². The Kier molecular flexibility index (Phi) is 3.04. The molecule has 0 aliphatic rings. The highest BCUT2D eigenvalue weighted by molar-refractivity contribution is 14.1. The van der Waals surface area contributed by atoms with Gasteiger partial charge in [-0.2, -0.15) is 0 Å². The van der Waals surface area contributed by atoms with Gasteiger partial charge < -0.3 is 10.0 Å². The van der Waals surface area contributed by atoms with Crippen molar-refractivity contribution in [2.75, 3.05) is 0 Å². The Morgan fingerprint density at radius 1 is 1.36 bits per heavy atom. The molecule has 0 spiro atoms. The smallest absolute Gasteiger partial charge is 0.423 e. The summed E-state index contributed by atoms with van der Waals surface area (Å²) >= 11 is 9.60. The average Bonchev–Trinajstić information content (AvgIpc) is 2.42. The molecular formula is C8H5BClIO2S. The number of halogens is 2. The second-order valence-corrected chi connectivity index (χ2v) is 5.55. The lowest BCUT2D eigenvalue weighted by atomic mass is 9.80. The Bertz CT molecular complexity index is 485. The van der Waals surface area contributed by atoms with Gasteiger partial charge in [-0.05, 0) is 34.1 Å². The third-order valence-corrected chi connectivity index (χ3v) is 5.08. The average molecular weight is 338 g/mol. The van der Waals surface area contributed by atoms with Crippen molar-refractivity contribution < 1.29 is 10.0 Å². The highest BCUT2D eigenvalue weighted by Gasteiger charge is 2.14. The summed E-state index contributed by atoms with van der Waals surface area (Å²) in [5, 5.41) is 19.0. The molecule has 1 heterocycles. The van der Waals surface area contributed by atoms with Crippen molar-refractivity contribution in [1.29, 1.82) is 0 Å². The molecule has 0 radical (unpaired) electrons. The van der Waals surface area contributed by atoms with Crippen LogP contribution in [-0.2, 0) is 0 Å². The minimum Gasteiger partial charge on any atom is -0.423 e. The topological polar surface area (TPSA) is 40.5 Å². The first-order valence-corrected chi connectivity index (χ1v) is 6.10. The molecule has 0 amide bonds. The summed E-state index contributed by atoms with van der Waals surface area (Å²) in [5.74, 6) is 0. The predicted molar refractivity (Wildman–Crippen MR) is 69.4 cm³/mol. The quantitative estimate of drug-likeness (QED) is 0.615. The molecule has 0 bridgehead atoms. The van der Waals surface area contributed by atoms with Crippen molar-refractivity contribution in [3.05, 3.63) is 26.1 Å². The van der Waals surface area contributed by atoms with Gasteiger partial charge in [0, 0.05) is 10.1 Å². The number of benzene rings is 1. The molecule has 0 unspecified atom stereocenters. The van der Waals surface area contributed by atoms with E-state index in [-0.39, 0.29) is 0 Å². The van der Waals surface area contributed by atoms with Crippen LogP contribution in [-0.4, -0.2) is 17.2 Å². The van der Waals surface area contributed by atoms with Gasteiger partial charge in [-0.15, -0.1) is 11.3 Å². The summed E-state index contributed by atoms with van der Waals surface area (Å²) in [6, 6.07) is 5.30. The molecule has 14 heavy (non-hydrogen) atoms. The molecule has 0 saturated carbocycles. The van der Waals surface area contributed by atoms with E-state index in [4.69, 9.17) is 21.6 Å². The van der Waals surface area contributed by atoms with E-state index in [1.54, 1.807) is 12.1 Å². The van der Waals surface area contributed by atoms with E-state index >= 15 is 0 Å². The first-order chi connectivity index (χ1) is 6.59. The fourth-order valence-corrected chi connectivity index (χ4v) is 3.42. The Morgan fingerprint density at radius 2 is 2.07 bits per heavy atom. The first-order valence-electron chi connectivity index (χ1n) is 3.83. The summed E-state index contributed by atoms with van der Waals surface area (Å²) in [6.45, 7) is 0. The van der Waals surface area contributed by atoms with Crippen molar-refractivity contribution in [2.45, 2.75) is 0 Å². The van der Waals surface area contributed by atoms with Crippen LogP contribution in [0.25, 0.3) is 10.1 Å². The van der Waals surface area contributed by atoms with Crippen LogP contribution in [0.4, 0.5) is 0 Å². The summed E-state index contributed by atoms with van der Waals surface area (Å²) < 4.78 is 2.73. The Hall–Kier alpha value is 0.185. The Balaban J connectivity index is 2.67. The molecule has 0 aliphatic carbocycles. The lowest BCUT2D eigenvalue weighted by Crippen LogP contribution is -2.29. The van der Waals surface area contributed by atoms with Crippen molar-refractivity contribution in [2.24, 2.45) is 0 Å². The van der Waals surface area contributed by atoms with Gasteiger partial charge in [0.2, 0.25) is 0 Å². The molecule has 1 aromatic carbocycles. The maximum absolute atomic E-state index is 8.98. The van der Waals surface area contributed by atoms with Crippen LogP contribution in [0.15, 0.2) is 18.2 Å². The summed E-state index contributed by atoms with van der Waals surface area (Å²) in [6.07, 6.45) is 0. The molecule has 2 rings (SSSR count). The zero-order valence-electron chi connectivity index (χ0n) is 6.87. The third-order valence-electron chi connectivity index (χ3n) is 1.91. The Labute approximate surface area is 104 Å². The zero-order chi connectivity index (χ0) is 10.3. The number of hydrogen-bond acceptors (Lipinski definition) is 3. The largest absolute Gasteiger partial charge is 0.488 e. The number of hydrogen-bond donors (Lipinski definition) is 2. The van der Waals surface area contributed by atoms with E-state index < -0.39 is 7.12 Å². The molecule has 1 aromatic heterocycles. The number of thiophene rings is 1. The van der Waals surface area contributed by atoms with Gasteiger partial charge in [0.1, 0.15) is 4.34 Å². The molecule has 6 heteroatoms. The second-order valence-electron chi connectivity index (χ2n) is 2.82. The molecule has 0 saturated heterocycles. The highest BCUT2D eigenvalue weighted by atomic mass is 127. The van der Waals surface area contributed by atoms with Crippen molar-refractivity contribution >= 4 is 68.2 Å². The molecule has 0 atom stereocenters. The van der Waals surface area contributed by atoms with Crippen LogP contribution in [0.2, 0.25) is 4.34 Å². The summed E-state index contributed by atoms with van der Waals surface area (Å²) in [4.78, 5) is 0. The van der Waals surface area contributed by atoms with Crippen LogP contribution < -0.4 is 5.46 Å². The van der Waals surface area contributed by atoms with Crippen LogP contribution in [0.5, 0.6) is 0 Å². The van der Waals surface area contributed by atoms with Crippen molar-refractivity contribution in [3.63, 3.8) is 0 Å². The molecule has 0 aliphatic heterocycles. The zero-order valence-corrected chi connectivity index (χ0v) is 10.6. The van der Waals surface area contributed by atoms with Crippen molar-refractivity contribution in [1.82, 2.24) is 0 Å². The van der Waals surface area contributed by atoms with E-state index in [1.165, 1.54) is 11.3 Å². The van der Waals surface area contributed by atoms with E-state index in [2.05, 4.69) is 22.6 Å². The van der Waals surface area contributed by atoms with Gasteiger partial charge in [0.15, 0.2) is 0 Å². The third kappa shape index (κ3) is 1.79. The second kappa shape index (κ2) is 3.98. The lowest BCUT2D eigenvalue weighted by Gasteiger charge is -1.98. The van der Waals surface area contributed by atoms with Crippen LogP contribution in [0.3, 0.4) is 0 Å². The van der Waals surface area contributed by atoms with E-state index in [0.717, 1.165) is 18.0 Å². The van der Waals surface area contributed by atoms with E-state index in [9.17, 15) is 0 Å². The lowest BCUT2D eigenvalue weighted by molar-refractivity contribution is 0.426. The minimum absolute atomic E-state index is 0.492. The SMILES string of the molecule is OB(O)c1ccc2c(I)c(Cl)sc2c1. The maximum atomic E-state index is 8.98. The Morgan fingerprint density at radius 3 is 2.71 bits per heavy atom. The number of rotatable bonds is 1. The molecule has 2 N–H and O–H groups in total. The highest BCUT2D eigenvalue weighted by Crippen LogP contribution is 2.35. The fourth-order valence-electron chi connectivity index (χ4n) is 1.21.